The van der Waals surface area contributed by atoms with Crippen molar-refractivity contribution in [1.29, 1.82) is 0 Å². The van der Waals surface area contributed by atoms with Crippen LogP contribution in [0.1, 0.15) is 42.4 Å². The molecule has 3 N–H and O–H groups in total. The van der Waals surface area contributed by atoms with Crippen molar-refractivity contribution >= 4 is 40.7 Å². The first-order chi connectivity index (χ1) is 18.4. The van der Waals surface area contributed by atoms with Gasteiger partial charge < -0.3 is 16.0 Å². The maximum absolute atomic E-state index is 13.2. The zero-order chi connectivity index (χ0) is 27.1. The third kappa shape index (κ3) is 6.18. The summed E-state index contributed by atoms with van der Waals surface area (Å²) in [6, 6.07) is 20.2. The van der Waals surface area contributed by atoms with Crippen LogP contribution in [0.25, 0.3) is 5.65 Å². The van der Waals surface area contributed by atoms with E-state index in [9.17, 15) is 14.4 Å². The number of fused-ring (bicyclic) bond motifs is 1. The summed E-state index contributed by atoms with van der Waals surface area (Å²) in [6.07, 6.45) is 3.07. The van der Waals surface area contributed by atoms with Crippen molar-refractivity contribution < 1.29 is 14.4 Å². The van der Waals surface area contributed by atoms with Crippen LogP contribution < -0.4 is 20.9 Å². The fraction of sp³-hybridized carbons (Fsp3) is 0.241. The summed E-state index contributed by atoms with van der Waals surface area (Å²) in [5.74, 6) is 0.187. The number of imidazole rings is 1. The monoisotopic (exact) mass is 512 g/mol. The molecule has 2 aromatic carbocycles. The van der Waals surface area contributed by atoms with Gasteiger partial charge in [0.15, 0.2) is 0 Å². The molecule has 4 aromatic rings. The van der Waals surface area contributed by atoms with Gasteiger partial charge in [0.1, 0.15) is 11.5 Å². The van der Waals surface area contributed by atoms with E-state index in [1.54, 1.807) is 51.9 Å². The number of hydrogen-bond donors (Lipinski definition) is 3. The van der Waals surface area contributed by atoms with Crippen LogP contribution >= 0.6 is 0 Å². The number of nitrogens with zero attached hydrogens (tertiary/aromatic N) is 3. The molecule has 0 spiro atoms. The third-order valence-corrected chi connectivity index (χ3v) is 6.07. The van der Waals surface area contributed by atoms with Gasteiger partial charge in [0, 0.05) is 37.6 Å². The van der Waals surface area contributed by atoms with Crippen molar-refractivity contribution in [2.75, 3.05) is 28.6 Å². The van der Waals surface area contributed by atoms with Crippen molar-refractivity contribution in [3.05, 3.63) is 89.7 Å². The third-order valence-electron chi connectivity index (χ3n) is 6.07. The lowest BCUT2D eigenvalue weighted by atomic mass is 10.1. The van der Waals surface area contributed by atoms with Crippen molar-refractivity contribution in [2.45, 2.75) is 33.6 Å². The van der Waals surface area contributed by atoms with Crippen LogP contribution in [0.15, 0.2) is 72.9 Å². The highest BCUT2D eigenvalue weighted by molar-refractivity contribution is 6.04. The number of aryl methyl sites for hydroxylation is 1. The van der Waals surface area contributed by atoms with Gasteiger partial charge in [-0.2, -0.15) is 0 Å². The summed E-state index contributed by atoms with van der Waals surface area (Å²) in [4.78, 5) is 43.8. The number of nitrogens with one attached hydrogen (secondary N) is 3. The molecule has 196 valence electrons. The van der Waals surface area contributed by atoms with Gasteiger partial charge in [-0.3, -0.25) is 18.9 Å². The first-order valence-corrected chi connectivity index (χ1v) is 12.7. The molecule has 0 saturated heterocycles. The zero-order valence-electron chi connectivity index (χ0n) is 21.8. The van der Waals surface area contributed by atoms with Crippen molar-refractivity contribution in [3.63, 3.8) is 0 Å². The maximum Gasteiger partial charge on any atom is 0.323 e. The topological polar surface area (TPSA) is 108 Å². The van der Waals surface area contributed by atoms with E-state index >= 15 is 0 Å². The molecule has 0 aliphatic heterocycles. The van der Waals surface area contributed by atoms with E-state index in [1.165, 1.54) is 6.92 Å². The molecule has 0 saturated carbocycles. The number of aromatic nitrogens is 2. The molecule has 0 aliphatic rings. The summed E-state index contributed by atoms with van der Waals surface area (Å²) in [5, 5.41) is 8.59. The lowest BCUT2D eigenvalue weighted by Crippen LogP contribution is -2.41. The van der Waals surface area contributed by atoms with Crippen molar-refractivity contribution in [1.82, 2.24) is 14.7 Å². The second kappa shape index (κ2) is 12.1. The highest BCUT2D eigenvalue weighted by atomic mass is 16.2. The summed E-state index contributed by atoms with van der Waals surface area (Å²) in [5.41, 5.74) is 4.25. The van der Waals surface area contributed by atoms with E-state index in [1.807, 2.05) is 44.2 Å². The van der Waals surface area contributed by atoms with Crippen LogP contribution in [0.3, 0.4) is 0 Å². The molecule has 0 atom stereocenters. The van der Waals surface area contributed by atoms with E-state index < -0.39 is 0 Å². The number of carbonyl (C=O) groups is 3. The predicted molar refractivity (Wildman–Crippen MR) is 150 cm³/mol. The molecule has 2 aromatic heterocycles. The number of pyridine rings is 1. The fourth-order valence-corrected chi connectivity index (χ4v) is 4.23. The van der Waals surface area contributed by atoms with Crippen LogP contribution in [0, 0.1) is 0 Å². The Bertz CT molecular complexity index is 1430. The number of carbonyl (C=O) groups excluding carboxylic acids is 3. The van der Waals surface area contributed by atoms with Gasteiger partial charge in [-0.15, -0.1) is 0 Å². The highest BCUT2D eigenvalue weighted by Gasteiger charge is 2.23. The van der Waals surface area contributed by atoms with E-state index in [0.717, 1.165) is 17.7 Å². The number of urea groups is 1. The first-order valence-electron chi connectivity index (χ1n) is 12.7. The Balaban J connectivity index is 1.54. The Hall–Kier alpha value is -4.66. The Morgan fingerprint density at radius 2 is 1.58 bits per heavy atom. The second-order valence-corrected chi connectivity index (χ2v) is 8.81. The molecule has 0 radical (unpaired) electrons. The Kier molecular flexibility index (Phi) is 8.37. The molecule has 9 nitrogen and oxygen atoms in total. The first kappa shape index (κ1) is 26.4. The Morgan fingerprint density at radius 3 is 2.21 bits per heavy atom. The number of benzene rings is 2. The lowest BCUT2D eigenvalue weighted by Gasteiger charge is -2.22. The van der Waals surface area contributed by atoms with Gasteiger partial charge in [0.05, 0.1) is 11.3 Å². The molecular formula is C29H32N6O3. The Morgan fingerprint density at radius 1 is 0.895 bits per heavy atom. The maximum atomic E-state index is 13.2. The van der Waals surface area contributed by atoms with Crippen LogP contribution in [-0.2, 0) is 17.6 Å². The Labute approximate surface area is 221 Å². The molecule has 0 unspecified atom stereocenters. The highest BCUT2D eigenvalue weighted by Crippen LogP contribution is 2.25. The lowest BCUT2D eigenvalue weighted by molar-refractivity contribution is -0.114. The van der Waals surface area contributed by atoms with Gasteiger partial charge in [-0.1, -0.05) is 37.3 Å². The molecule has 9 heteroatoms. The van der Waals surface area contributed by atoms with E-state index in [-0.39, 0.29) is 17.8 Å². The van der Waals surface area contributed by atoms with Crippen LogP contribution in [-0.4, -0.2) is 40.3 Å². The molecule has 0 aliphatic carbocycles. The normalized spacial score (nSPS) is 10.7. The molecule has 4 amide bonds. The summed E-state index contributed by atoms with van der Waals surface area (Å²) >= 11 is 0. The number of hydrogen-bond acceptors (Lipinski definition) is 4. The predicted octanol–water partition coefficient (Wildman–Crippen LogP) is 4.89. The zero-order valence-corrected chi connectivity index (χ0v) is 21.8. The van der Waals surface area contributed by atoms with Crippen LogP contribution in [0.2, 0.25) is 0 Å². The molecule has 38 heavy (non-hydrogen) atoms. The molecule has 4 rings (SSSR count). The molecule has 2 heterocycles. The largest absolute Gasteiger partial charge is 0.337 e. The summed E-state index contributed by atoms with van der Waals surface area (Å²) in [7, 11) is 0. The van der Waals surface area contributed by atoms with Crippen LogP contribution in [0.4, 0.5) is 22.0 Å². The minimum Gasteiger partial charge on any atom is -0.337 e. The summed E-state index contributed by atoms with van der Waals surface area (Å²) in [6.45, 7) is 6.29. The van der Waals surface area contributed by atoms with Gasteiger partial charge in [-0.05, 0) is 61.7 Å². The van der Waals surface area contributed by atoms with Crippen molar-refractivity contribution in [3.8, 4) is 0 Å². The minimum absolute atomic E-state index is 0.163. The van der Waals surface area contributed by atoms with Gasteiger partial charge >= 0.3 is 6.03 Å². The molecule has 0 bridgehead atoms. The minimum atomic E-state index is -0.299. The van der Waals surface area contributed by atoms with Gasteiger partial charge in [0.2, 0.25) is 5.91 Å². The summed E-state index contributed by atoms with van der Waals surface area (Å²) < 4.78 is 1.80. The van der Waals surface area contributed by atoms with Crippen LogP contribution in [0.5, 0.6) is 0 Å². The number of anilines is 3. The quantitative estimate of drug-likeness (QED) is 0.297. The number of rotatable bonds is 9. The van der Waals surface area contributed by atoms with Crippen molar-refractivity contribution in [2.24, 2.45) is 0 Å². The average molecular weight is 513 g/mol. The average Bonchev–Trinajstić information content (AvgIpc) is 3.28. The SMILES string of the molecule is CCc1nc2ccc(C(=O)Nc3ccc(NC(C)=O)cc3)cn2c1N(CC)C(=O)NCCc1ccccc1. The standard InChI is InChI=1S/C29H32N6O3/c1-4-25-28(34(5-2)29(38)30-18-17-21-9-7-6-8-10-21)35-19-22(11-16-26(35)33-25)27(37)32-24-14-12-23(13-15-24)31-20(3)36/h6-16,19H,4-5,17-18H2,1-3H3,(H,30,38)(H,31,36)(H,32,37). The fourth-order valence-electron chi connectivity index (χ4n) is 4.23. The molecular weight excluding hydrogens is 480 g/mol. The van der Waals surface area contributed by atoms with E-state index in [2.05, 4.69) is 16.0 Å². The van der Waals surface area contributed by atoms with E-state index in [0.29, 0.717) is 47.9 Å². The second-order valence-electron chi connectivity index (χ2n) is 8.81. The smallest absolute Gasteiger partial charge is 0.323 e. The van der Waals surface area contributed by atoms with Gasteiger partial charge in [-0.25, -0.2) is 9.78 Å². The van der Waals surface area contributed by atoms with E-state index in [4.69, 9.17) is 4.98 Å². The number of amides is 4. The molecule has 0 fully saturated rings. The van der Waals surface area contributed by atoms with Gasteiger partial charge in [0.25, 0.3) is 5.91 Å².